The molecule has 0 bridgehead atoms. The van der Waals surface area contributed by atoms with E-state index in [-0.39, 0.29) is 54.5 Å². The molecule has 0 aromatic rings. The maximum absolute atomic E-state index is 12.5. The van der Waals surface area contributed by atoms with Gasteiger partial charge in [0.25, 0.3) is 0 Å². The standard InChI is InChI=1S/C21H35N3O4.ClH/c1-28-18(25)13-15-12-17(24-20(15)27)6-11-23-19(26)14-2-7-21(8-3-14)9-4-16(22)5-10-21;/h14-17H,2-13,22H2,1H3,(H,23,26)(H,24,27);1H/t14?,15-,16?,17+,21?;/m0./s1. The van der Waals surface area contributed by atoms with Crippen molar-refractivity contribution in [3.63, 3.8) is 0 Å². The van der Waals surface area contributed by atoms with Gasteiger partial charge in [0.05, 0.1) is 19.4 Å². The molecule has 0 aromatic carbocycles. The summed E-state index contributed by atoms with van der Waals surface area (Å²) in [4.78, 5) is 35.8. The maximum Gasteiger partial charge on any atom is 0.306 e. The summed E-state index contributed by atoms with van der Waals surface area (Å²) in [5.74, 6) is -0.494. The highest BCUT2D eigenvalue weighted by Crippen LogP contribution is 2.48. The summed E-state index contributed by atoms with van der Waals surface area (Å²) in [5.41, 5.74) is 6.48. The Morgan fingerprint density at radius 1 is 1.17 bits per heavy atom. The fourth-order valence-corrected chi connectivity index (χ4v) is 5.24. The van der Waals surface area contributed by atoms with E-state index in [1.807, 2.05) is 0 Å². The zero-order valence-electron chi connectivity index (χ0n) is 17.4. The lowest BCUT2D eigenvalue weighted by molar-refractivity contribution is -0.143. The summed E-state index contributed by atoms with van der Waals surface area (Å²) in [6, 6.07) is 0.387. The predicted molar refractivity (Wildman–Crippen MR) is 112 cm³/mol. The third kappa shape index (κ3) is 6.32. The van der Waals surface area contributed by atoms with Crippen molar-refractivity contribution >= 4 is 30.2 Å². The van der Waals surface area contributed by atoms with Crippen LogP contribution >= 0.6 is 12.4 Å². The molecule has 1 spiro atoms. The second-order valence-corrected chi connectivity index (χ2v) is 9.11. The van der Waals surface area contributed by atoms with Crippen molar-refractivity contribution in [2.45, 2.75) is 82.7 Å². The number of hydrogen-bond acceptors (Lipinski definition) is 5. The van der Waals surface area contributed by atoms with Crippen LogP contribution in [-0.4, -0.2) is 43.5 Å². The third-order valence-corrected chi connectivity index (χ3v) is 7.23. The van der Waals surface area contributed by atoms with Gasteiger partial charge in [-0.2, -0.15) is 0 Å². The van der Waals surface area contributed by atoms with Crippen molar-refractivity contribution < 1.29 is 19.1 Å². The Hall–Kier alpha value is -1.34. The average Bonchev–Trinajstić information content (AvgIpc) is 3.04. The number of carbonyl (C=O) groups is 3. The van der Waals surface area contributed by atoms with Gasteiger partial charge in [-0.1, -0.05) is 0 Å². The number of ether oxygens (including phenoxy) is 1. The summed E-state index contributed by atoms with van der Waals surface area (Å²) in [5, 5.41) is 5.98. The Bertz CT molecular complexity index is 582. The molecule has 2 atom stereocenters. The third-order valence-electron chi connectivity index (χ3n) is 7.23. The lowest BCUT2D eigenvalue weighted by Gasteiger charge is -2.44. The minimum absolute atomic E-state index is 0. The van der Waals surface area contributed by atoms with Gasteiger partial charge in [0.2, 0.25) is 11.8 Å². The molecular formula is C21H36ClN3O4. The molecule has 1 saturated heterocycles. The first-order valence-electron chi connectivity index (χ1n) is 10.8. The van der Waals surface area contributed by atoms with Gasteiger partial charge in [0.1, 0.15) is 0 Å². The molecule has 3 aliphatic rings. The molecule has 2 aliphatic carbocycles. The lowest BCUT2D eigenvalue weighted by Crippen LogP contribution is -2.40. The fourth-order valence-electron chi connectivity index (χ4n) is 5.24. The number of rotatable bonds is 6. The van der Waals surface area contributed by atoms with E-state index in [2.05, 4.69) is 15.4 Å². The minimum Gasteiger partial charge on any atom is -0.469 e. The zero-order valence-corrected chi connectivity index (χ0v) is 18.2. The van der Waals surface area contributed by atoms with Crippen LogP contribution in [0, 0.1) is 17.3 Å². The van der Waals surface area contributed by atoms with Gasteiger partial charge in [-0.15, -0.1) is 12.4 Å². The van der Waals surface area contributed by atoms with E-state index >= 15 is 0 Å². The van der Waals surface area contributed by atoms with E-state index in [1.54, 1.807) is 0 Å². The smallest absolute Gasteiger partial charge is 0.306 e. The number of carbonyl (C=O) groups excluding carboxylic acids is 3. The fraction of sp³-hybridized carbons (Fsp3) is 0.857. The molecule has 8 heteroatoms. The van der Waals surface area contributed by atoms with Crippen molar-refractivity contribution in [2.75, 3.05) is 13.7 Å². The van der Waals surface area contributed by atoms with Gasteiger partial charge in [0, 0.05) is 24.5 Å². The monoisotopic (exact) mass is 429 g/mol. The normalized spacial score (nSPS) is 34.2. The molecule has 3 rings (SSSR count). The Morgan fingerprint density at radius 2 is 1.79 bits per heavy atom. The van der Waals surface area contributed by atoms with Crippen molar-refractivity contribution in [1.29, 1.82) is 0 Å². The van der Waals surface area contributed by atoms with E-state index in [1.165, 1.54) is 20.0 Å². The van der Waals surface area contributed by atoms with Crippen LogP contribution in [0.25, 0.3) is 0 Å². The van der Waals surface area contributed by atoms with Crippen LogP contribution in [0.1, 0.15) is 70.6 Å². The Labute approximate surface area is 179 Å². The summed E-state index contributed by atoms with van der Waals surface area (Å²) < 4.78 is 4.64. The summed E-state index contributed by atoms with van der Waals surface area (Å²) in [6.07, 6.45) is 10.4. The Morgan fingerprint density at radius 3 is 2.41 bits per heavy atom. The largest absolute Gasteiger partial charge is 0.469 e. The minimum atomic E-state index is -0.357. The molecule has 29 heavy (non-hydrogen) atoms. The van der Waals surface area contributed by atoms with Crippen LogP contribution < -0.4 is 16.4 Å². The maximum atomic E-state index is 12.5. The molecule has 166 valence electrons. The van der Waals surface area contributed by atoms with E-state index in [0.717, 1.165) is 38.5 Å². The van der Waals surface area contributed by atoms with E-state index in [0.29, 0.717) is 30.8 Å². The molecular weight excluding hydrogens is 394 g/mol. The van der Waals surface area contributed by atoms with E-state index in [4.69, 9.17) is 5.73 Å². The first-order chi connectivity index (χ1) is 13.4. The van der Waals surface area contributed by atoms with Gasteiger partial charge < -0.3 is 21.1 Å². The predicted octanol–water partition coefficient (Wildman–Crippen LogP) is 2.06. The summed E-state index contributed by atoms with van der Waals surface area (Å²) in [6.45, 7) is 0.561. The van der Waals surface area contributed by atoms with Crippen LogP contribution in [0.2, 0.25) is 0 Å². The second-order valence-electron chi connectivity index (χ2n) is 9.11. The summed E-state index contributed by atoms with van der Waals surface area (Å²) >= 11 is 0. The quantitative estimate of drug-likeness (QED) is 0.559. The van der Waals surface area contributed by atoms with Crippen LogP contribution in [0.4, 0.5) is 0 Å². The highest BCUT2D eigenvalue weighted by Gasteiger charge is 2.39. The lowest BCUT2D eigenvalue weighted by atomic mass is 9.62. The van der Waals surface area contributed by atoms with Crippen LogP contribution in [0.5, 0.6) is 0 Å². The number of halogens is 1. The SMILES string of the molecule is COC(=O)C[C@@H]1C[C@@H](CCNC(=O)C2CCC3(CCC(N)CC3)CC2)NC1=O.Cl. The zero-order chi connectivity index (χ0) is 20.1. The van der Waals surface area contributed by atoms with Crippen LogP contribution in [0.3, 0.4) is 0 Å². The first kappa shape index (κ1) is 23.9. The number of amides is 2. The highest BCUT2D eigenvalue weighted by atomic mass is 35.5. The van der Waals surface area contributed by atoms with Crippen LogP contribution in [-0.2, 0) is 19.1 Å². The van der Waals surface area contributed by atoms with Crippen LogP contribution in [0.15, 0.2) is 0 Å². The topological polar surface area (TPSA) is 111 Å². The summed E-state index contributed by atoms with van der Waals surface area (Å²) in [7, 11) is 1.33. The molecule has 3 fully saturated rings. The van der Waals surface area contributed by atoms with Gasteiger partial charge >= 0.3 is 5.97 Å². The Kier molecular flexibility index (Phi) is 8.76. The molecule has 4 N–H and O–H groups in total. The first-order valence-corrected chi connectivity index (χ1v) is 10.8. The molecule has 7 nitrogen and oxygen atoms in total. The van der Waals surface area contributed by atoms with Gasteiger partial charge in [-0.3, -0.25) is 14.4 Å². The van der Waals surface area contributed by atoms with Gasteiger partial charge in [0.15, 0.2) is 0 Å². The number of nitrogens with one attached hydrogen (secondary N) is 2. The molecule has 0 aromatic heterocycles. The van der Waals surface area contributed by atoms with Gasteiger partial charge in [-0.25, -0.2) is 0 Å². The molecule has 2 saturated carbocycles. The highest BCUT2D eigenvalue weighted by molar-refractivity contribution is 5.86. The molecule has 1 aliphatic heterocycles. The van der Waals surface area contributed by atoms with Gasteiger partial charge in [-0.05, 0) is 69.6 Å². The van der Waals surface area contributed by atoms with E-state index in [9.17, 15) is 14.4 Å². The molecule has 2 amide bonds. The number of methoxy groups -OCH3 is 1. The van der Waals surface area contributed by atoms with Crippen molar-refractivity contribution in [1.82, 2.24) is 10.6 Å². The Balaban J connectivity index is 0.00000300. The van der Waals surface area contributed by atoms with Crippen molar-refractivity contribution in [3.8, 4) is 0 Å². The number of esters is 1. The van der Waals surface area contributed by atoms with Crippen molar-refractivity contribution in [2.24, 2.45) is 23.0 Å². The van der Waals surface area contributed by atoms with Crippen molar-refractivity contribution in [3.05, 3.63) is 0 Å². The molecule has 0 unspecified atom stereocenters. The molecule has 1 heterocycles. The average molecular weight is 430 g/mol. The van der Waals surface area contributed by atoms with E-state index < -0.39 is 0 Å². The second kappa shape index (κ2) is 10.6. The molecule has 0 radical (unpaired) electrons. The number of nitrogens with two attached hydrogens (primary N) is 1. The number of hydrogen-bond donors (Lipinski definition) is 3.